The Labute approximate surface area is 99.5 Å². The van der Waals surface area contributed by atoms with E-state index in [4.69, 9.17) is 0 Å². The standard InChI is InChI=1S/C10H13NO3S2/c1-3-10(12)11-16(14)9-6-4-8(5-7-9)15(2)13/h4-7H,3H2,1-2H3,(H,11,12). The molecule has 0 heterocycles. The first-order valence-electron chi connectivity index (χ1n) is 4.69. The molecule has 1 amide bonds. The number of hydrogen-bond acceptors (Lipinski definition) is 3. The summed E-state index contributed by atoms with van der Waals surface area (Å²) in [6.45, 7) is 1.69. The molecule has 4 nitrogen and oxygen atoms in total. The molecule has 1 N–H and O–H groups in total. The number of carbonyl (C=O) groups is 1. The third kappa shape index (κ3) is 3.53. The molecule has 0 aliphatic rings. The van der Waals surface area contributed by atoms with E-state index in [9.17, 15) is 13.2 Å². The summed E-state index contributed by atoms with van der Waals surface area (Å²) in [4.78, 5) is 12.2. The number of nitrogens with one attached hydrogen (secondary N) is 1. The minimum Gasteiger partial charge on any atom is -0.274 e. The van der Waals surface area contributed by atoms with Crippen molar-refractivity contribution < 1.29 is 13.2 Å². The zero-order valence-electron chi connectivity index (χ0n) is 9.06. The normalized spacial score (nSPS) is 14.1. The van der Waals surface area contributed by atoms with E-state index in [-0.39, 0.29) is 5.91 Å². The van der Waals surface area contributed by atoms with Crippen LogP contribution in [0.1, 0.15) is 13.3 Å². The van der Waals surface area contributed by atoms with Gasteiger partial charge in [0.25, 0.3) is 0 Å². The summed E-state index contributed by atoms with van der Waals surface area (Å²) in [5.41, 5.74) is 0. The molecule has 0 aliphatic carbocycles. The van der Waals surface area contributed by atoms with Crippen LogP contribution < -0.4 is 4.72 Å². The number of amides is 1. The maximum atomic E-state index is 11.6. The number of hydrogen-bond donors (Lipinski definition) is 1. The molecule has 0 fully saturated rings. The Morgan fingerprint density at radius 1 is 1.19 bits per heavy atom. The van der Waals surface area contributed by atoms with E-state index in [2.05, 4.69) is 4.72 Å². The van der Waals surface area contributed by atoms with Crippen LogP contribution in [-0.2, 0) is 26.6 Å². The molecule has 0 saturated carbocycles. The SMILES string of the molecule is CCC(=O)NS(=O)c1ccc(S(C)=O)cc1. The van der Waals surface area contributed by atoms with Crippen LogP contribution in [0.3, 0.4) is 0 Å². The third-order valence-corrected chi connectivity index (χ3v) is 3.95. The van der Waals surface area contributed by atoms with Gasteiger partial charge in [-0.1, -0.05) is 6.92 Å². The van der Waals surface area contributed by atoms with Crippen LogP contribution in [0.2, 0.25) is 0 Å². The highest BCUT2D eigenvalue weighted by atomic mass is 32.2. The van der Waals surface area contributed by atoms with E-state index >= 15 is 0 Å². The summed E-state index contributed by atoms with van der Waals surface area (Å²) in [5.74, 6) is -0.263. The van der Waals surface area contributed by atoms with Crippen LogP contribution in [-0.4, -0.2) is 20.6 Å². The van der Waals surface area contributed by atoms with Gasteiger partial charge >= 0.3 is 0 Å². The van der Waals surface area contributed by atoms with E-state index in [1.807, 2.05) is 0 Å². The van der Waals surface area contributed by atoms with Gasteiger partial charge in [-0.25, -0.2) is 4.21 Å². The molecule has 0 aromatic heterocycles. The fourth-order valence-electron chi connectivity index (χ4n) is 0.989. The molecule has 2 unspecified atom stereocenters. The highest BCUT2D eigenvalue weighted by Gasteiger charge is 2.07. The fourth-order valence-corrected chi connectivity index (χ4v) is 2.36. The second-order valence-corrected chi connectivity index (χ2v) is 5.67. The summed E-state index contributed by atoms with van der Waals surface area (Å²) >= 11 is 0. The Bertz CT molecular complexity index is 428. The molecule has 1 rings (SSSR count). The summed E-state index contributed by atoms with van der Waals surface area (Å²) in [6, 6.07) is 6.48. The molecule has 0 spiro atoms. The van der Waals surface area contributed by atoms with Crippen molar-refractivity contribution in [3.05, 3.63) is 24.3 Å². The van der Waals surface area contributed by atoms with Crippen LogP contribution in [0.5, 0.6) is 0 Å². The molecule has 6 heteroatoms. The number of rotatable bonds is 4. The molecule has 1 aromatic carbocycles. The van der Waals surface area contributed by atoms with Crippen LogP contribution in [0.25, 0.3) is 0 Å². The van der Waals surface area contributed by atoms with E-state index in [1.54, 1.807) is 37.4 Å². The summed E-state index contributed by atoms with van der Waals surface area (Å²) < 4.78 is 25.1. The van der Waals surface area contributed by atoms with Crippen molar-refractivity contribution in [2.24, 2.45) is 0 Å². The first-order valence-corrected chi connectivity index (χ1v) is 7.40. The van der Waals surface area contributed by atoms with Gasteiger partial charge in [0, 0.05) is 28.4 Å². The Kier molecular flexibility index (Phi) is 4.82. The highest BCUT2D eigenvalue weighted by molar-refractivity contribution is 7.84. The van der Waals surface area contributed by atoms with Gasteiger partial charge in [-0.3, -0.25) is 13.7 Å². The predicted molar refractivity (Wildman–Crippen MR) is 63.6 cm³/mol. The zero-order chi connectivity index (χ0) is 12.1. The third-order valence-electron chi connectivity index (χ3n) is 1.90. The second kappa shape index (κ2) is 5.91. The van der Waals surface area contributed by atoms with Gasteiger partial charge in [-0.15, -0.1) is 0 Å². The lowest BCUT2D eigenvalue weighted by Crippen LogP contribution is -2.24. The van der Waals surface area contributed by atoms with Crippen molar-refractivity contribution in [2.45, 2.75) is 23.1 Å². The number of carbonyl (C=O) groups excluding carboxylic acids is 1. The topological polar surface area (TPSA) is 63.2 Å². The Hall–Kier alpha value is -1.01. The van der Waals surface area contributed by atoms with Gasteiger partial charge in [0.15, 0.2) is 11.0 Å². The van der Waals surface area contributed by atoms with Crippen molar-refractivity contribution in [1.82, 2.24) is 4.72 Å². The monoisotopic (exact) mass is 259 g/mol. The van der Waals surface area contributed by atoms with Crippen molar-refractivity contribution in [3.8, 4) is 0 Å². The van der Waals surface area contributed by atoms with Gasteiger partial charge < -0.3 is 0 Å². The van der Waals surface area contributed by atoms with Crippen LogP contribution in [0.4, 0.5) is 0 Å². The summed E-state index contributed by atoms with van der Waals surface area (Å²) in [7, 11) is -2.58. The smallest absolute Gasteiger partial charge is 0.231 e. The van der Waals surface area contributed by atoms with Crippen molar-refractivity contribution >= 4 is 27.7 Å². The molecule has 16 heavy (non-hydrogen) atoms. The van der Waals surface area contributed by atoms with Crippen LogP contribution in [0, 0.1) is 0 Å². The molecule has 0 saturated heterocycles. The molecule has 0 bridgehead atoms. The Morgan fingerprint density at radius 2 is 1.69 bits per heavy atom. The van der Waals surface area contributed by atoms with Crippen molar-refractivity contribution in [2.75, 3.05) is 6.26 Å². The van der Waals surface area contributed by atoms with Gasteiger partial charge in [-0.05, 0) is 24.3 Å². The first kappa shape index (κ1) is 13.1. The lowest BCUT2D eigenvalue weighted by molar-refractivity contribution is -0.118. The van der Waals surface area contributed by atoms with Gasteiger partial charge in [0.1, 0.15) is 0 Å². The van der Waals surface area contributed by atoms with E-state index < -0.39 is 21.8 Å². The van der Waals surface area contributed by atoms with Crippen LogP contribution >= 0.6 is 0 Å². The van der Waals surface area contributed by atoms with Crippen molar-refractivity contribution in [3.63, 3.8) is 0 Å². The van der Waals surface area contributed by atoms with Crippen molar-refractivity contribution in [1.29, 1.82) is 0 Å². The average Bonchev–Trinajstić information content (AvgIpc) is 2.28. The zero-order valence-corrected chi connectivity index (χ0v) is 10.7. The van der Waals surface area contributed by atoms with Crippen LogP contribution in [0.15, 0.2) is 34.1 Å². The first-order chi connectivity index (χ1) is 7.54. The maximum absolute atomic E-state index is 11.6. The number of benzene rings is 1. The average molecular weight is 259 g/mol. The fraction of sp³-hybridized carbons (Fsp3) is 0.300. The molecule has 1 aromatic rings. The van der Waals surface area contributed by atoms with E-state index in [0.717, 1.165) is 0 Å². The summed E-state index contributed by atoms with van der Waals surface area (Å²) in [6.07, 6.45) is 1.87. The Balaban J connectivity index is 2.78. The molecule has 2 atom stereocenters. The summed E-state index contributed by atoms with van der Waals surface area (Å²) in [5, 5.41) is 0. The molecule has 88 valence electrons. The highest BCUT2D eigenvalue weighted by Crippen LogP contribution is 2.10. The minimum atomic E-state index is -1.53. The van der Waals surface area contributed by atoms with E-state index in [0.29, 0.717) is 16.2 Å². The lowest BCUT2D eigenvalue weighted by Gasteiger charge is -2.03. The molecular weight excluding hydrogens is 246 g/mol. The van der Waals surface area contributed by atoms with Gasteiger partial charge in [-0.2, -0.15) is 0 Å². The molecule has 0 aliphatic heterocycles. The predicted octanol–water partition coefficient (Wildman–Crippen LogP) is 0.973. The van der Waals surface area contributed by atoms with E-state index in [1.165, 1.54) is 0 Å². The minimum absolute atomic E-state index is 0.263. The second-order valence-electron chi connectivity index (χ2n) is 3.07. The van der Waals surface area contributed by atoms with Gasteiger partial charge in [0.05, 0.1) is 4.90 Å². The molecule has 0 radical (unpaired) electrons. The Morgan fingerprint density at radius 3 is 2.12 bits per heavy atom. The quantitative estimate of drug-likeness (QED) is 0.876. The van der Waals surface area contributed by atoms with Gasteiger partial charge in [0.2, 0.25) is 5.91 Å². The largest absolute Gasteiger partial charge is 0.274 e. The maximum Gasteiger partial charge on any atom is 0.231 e. The molecular formula is C10H13NO3S2. The lowest BCUT2D eigenvalue weighted by atomic mass is 10.4.